The van der Waals surface area contributed by atoms with Crippen molar-refractivity contribution >= 4 is 27.4 Å². The Hall–Kier alpha value is -2.34. The lowest BCUT2D eigenvalue weighted by molar-refractivity contribution is -0.124. The molecule has 132 valence electrons. The number of allylic oxidation sites excluding steroid dienone is 4. The van der Waals surface area contributed by atoms with Gasteiger partial charge in [0.15, 0.2) is 0 Å². The van der Waals surface area contributed by atoms with E-state index in [2.05, 4.69) is 9.39 Å². The molecule has 1 aliphatic carbocycles. The molecule has 0 aromatic heterocycles. The van der Waals surface area contributed by atoms with Crippen molar-refractivity contribution in [1.82, 2.24) is 0 Å². The largest absolute Gasteiger partial charge is 0.282 e. The molecule has 0 radical (unpaired) electrons. The van der Waals surface area contributed by atoms with Crippen LogP contribution < -0.4 is 0 Å². The Morgan fingerprint density at radius 2 is 1.44 bits per heavy atom. The summed E-state index contributed by atoms with van der Waals surface area (Å²) in [4.78, 5) is 16.4. The number of hydrogen-bond acceptors (Lipinski definition) is 3. The third-order valence-electron chi connectivity index (χ3n) is 3.85. The maximum Gasteiger partial charge on any atom is 0.282 e. The van der Waals surface area contributed by atoms with E-state index in [9.17, 15) is 13.2 Å². The molecule has 2 rings (SSSR count). The van der Waals surface area contributed by atoms with E-state index in [0.717, 1.165) is 5.57 Å². The van der Waals surface area contributed by atoms with Crippen LogP contribution in [0.1, 0.15) is 34.6 Å². The van der Waals surface area contributed by atoms with Gasteiger partial charge in [-0.15, -0.1) is 0 Å². The van der Waals surface area contributed by atoms with Crippen LogP contribution in [0.4, 0.5) is 0 Å². The molecule has 5 nitrogen and oxygen atoms in total. The lowest BCUT2D eigenvalue weighted by Gasteiger charge is -2.17. The summed E-state index contributed by atoms with van der Waals surface area (Å²) in [6, 6.07) is 8.07. The van der Waals surface area contributed by atoms with Gasteiger partial charge in [0.25, 0.3) is 15.9 Å². The SMILES string of the molecule is CC1=C(C)/C(=N\S(=O)(=O)c2ccccc2)C=CC1=NC(=O)C(C)(C)C. The third kappa shape index (κ3) is 4.39. The maximum atomic E-state index is 12.4. The minimum absolute atomic E-state index is 0.142. The zero-order valence-corrected chi connectivity index (χ0v) is 15.9. The predicted molar refractivity (Wildman–Crippen MR) is 100 cm³/mol. The molecule has 0 N–H and O–H groups in total. The summed E-state index contributed by atoms with van der Waals surface area (Å²) in [5, 5.41) is 0. The molecule has 0 saturated carbocycles. The lowest BCUT2D eigenvalue weighted by atomic mass is 9.94. The van der Waals surface area contributed by atoms with Gasteiger partial charge in [0.05, 0.1) is 16.3 Å². The average Bonchev–Trinajstić information content (AvgIpc) is 2.54. The topological polar surface area (TPSA) is 75.9 Å². The summed E-state index contributed by atoms with van der Waals surface area (Å²) in [5.41, 5.74) is 1.74. The fourth-order valence-corrected chi connectivity index (χ4v) is 3.13. The van der Waals surface area contributed by atoms with Crippen molar-refractivity contribution in [1.29, 1.82) is 0 Å². The van der Waals surface area contributed by atoms with Crippen LogP contribution in [-0.2, 0) is 14.8 Å². The van der Waals surface area contributed by atoms with Crippen LogP contribution in [0.2, 0.25) is 0 Å². The molecule has 1 amide bonds. The number of carbonyl (C=O) groups is 1. The molecule has 1 aromatic carbocycles. The minimum atomic E-state index is -3.78. The van der Waals surface area contributed by atoms with Gasteiger partial charge in [-0.3, -0.25) is 4.79 Å². The van der Waals surface area contributed by atoms with E-state index < -0.39 is 15.4 Å². The summed E-state index contributed by atoms with van der Waals surface area (Å²) < 4.78 is 28.8. The quantitative estimate of drug-likeness (QED) is 0.756. The van der Waals surface area contributed by atoms with E-state index in [1.807, 2.05) is 0 Å². The smallest absolute Gasteiger partial charge is 0.272 e. The highest BCUT2D eigenvalue weighted by atomic mass is 32.2. The van der Waals surface area contributed by atoms with E-state index in [0.29, 0.717) is 17.0 Å². The molecule has 0 unspecified atom stereocenters. The van der Waals surface area contributed by atoms with Gasteiger partial charge in [0, 0.05) is 5.41 Å². The van der Waals surface area contributed by atoms with Crippen molar-refractivity contribution in [3.05, 3.63) is 53.6 Å². The van der Waals surface area contributed by atoms with Crippen LogP contribution in [0.25, 0.3) is 0 Å². The van der Waals surface area contributed by atoms with Crippen molar-refractivity contribution in [2.24, 2.45) is 14.8 Å². The Labute approximate surface area is 149 Å². The highest BCUT2D eigenvalue weighted by molar-refractivity contribution is 7.90. The third-order valence-corrected chi connectivity index (χ3v) is 5.16. The average molecular weight is 358 g/mol. The number of aliphatic imine (C=N–C) groups is 1. The molecule has 0 heterocycles. The number of benzene rings is 1. The summed E-state index contributed by atoms with van der Waals surface area (Å²) in [7, 11) is -3.78. The molecule has 0 atom stereocenters. The monoisotopic (exact) mass is 358 g/mol. The Kier molecular flexibility index (Phi) is 5.23. The van der Waals surface area contributed by atoms with E-state index in [1.54, 1.807) is 65.0 Å². The molecule has 0 bridgehead atoms. The molecular formula is C19H22N2O3S. The number of rotatable bonds is 2. The van der Waals surface area contributed by atoms with E-state index >= 15 is 0 Å². The predicted octanol–water partition coefficient (Wildman–Crippen LogP) is 3.74. The van der Waals surface area contributed by atoms with Crippen LogP contribution in [0.15, 0.2) is 67.9 Å². The minimum Gasteiger partial charge on any atom is -0.272 e. The van der Waals surface area contributed by atoms with Gasteiger partial charge in [-0.1, -0.05) is 39.0 Å². The summed E-state index contributed by atoms with van der Waals surface area (Å²) in [5.74, 6) is -0.225. The Morgan fingerprint density at radius 3 is 2.00 bits per heavy atom. The summed E-state index contributed by atoms with van der Waals surface area (Å²) in [6.45, 7) is 8.99. The fraction of sp³-hybridized carbons (Fsp3) is 0.316. The molecule has 0 spiro atoms. The Morgan fingerprint density at radius 1 is 0.920 bits per heavy atom. The number of amides is 1. The van der Waals surface area contributed by atoms with Crippen molar-refractivity contribution in [3.63, 3.8) is 0 Å². The first-order valence-electron chi connectivity index (χ1n) is 7.92. The zero-order chi connectivity index (χ0) is 18.8. The van der Waals surface area contributed by atoms with E-state index in [4.69, 9.17) is 0 Å². The Balaban J connectivity index is 2.41. The van der Waals surface area contributed by atoms with Crippen LogP contribution >= 0.6 is 0 Å². The van der Waals surface area contributed by atoms with Gasteiger partial charge < -0.3 is 0 Å². The van der Waals surface area contributed by atoms with Gasteiger partial charge in [0.1, 0.15) is 0 Å². The normalized spacial score (nSPS) is 18.9. The molecule has 0 fully saturated rings. The maximum absolute atomic E-state index is 12.4. The highest BCUT2D eigenvalue weighted by Gasteiger charge is 2.23. The van der Waals surface area contributed by atoms with Gasteiger partial charge in [0.2, 0.25) is 0 Å². The molecule has 1 aliphatic rings. The molecule has 1 aromatic rings. The summed E-state index contributed by atoms with van der Waals surface area (Å²) >= 11 is 0. The lowest BCUT2D eigenvalue weighted by Crippen LogP contribution is -2.21. The molecule has 0 aliphatic heterocycles. The molecule has 0 saturated heterocycles. The molecule has 6 heteroatoms. The number of nitrogens with zero attached hydrogens (tertiary/aromatic N) is 2. The van der Waals surface area contributed by atoms with Gasteiger partial charge in [-0.2, -0.15) is 12.8 Å². The van der Waals surface area contributed by atoms with Crippen molar-refractivity contribution < 1.29 is 13.2 Å². The number of carbonyl (C=O) groups excluding carboxylic acids is 1. The second-order valence-electron chi connectivity index (χ2n) is 6.90. The van der Waals surface area contributed by atoms with Crippen LogP contribution in [0.5, 0.6) is 0 Å². The zero-order valence-electron chi connectivity index (χ0n) is 15.1. The van der Waals surface area contributed by atoms with Crippen LogP contribution in [0.3, 0.4) is 0 Å². The highest BCUT2D eigenvalue weighted by Crippen LogP contribution is 2.21. The second kappa shape index (κ2) is 6.88. The van der Waals surface area contributed by atoms with Crippen LogP contribution in [-0.4, -0.2) is 25.7 Å². The van der Waals surface area contributed by atoms with Crippen LogP contribution in [0, 0.1) is 5.41 Å². The fourth-order valence-electron chi connectivity index (χ4n) is 2.06. The van der Waals surface area contributed by atoms with Crippen molar-refractivity contribution in [2.75, 3.05) is 0 Å². The van der Waals surface area contributed by atoms with E-state index in [1.165, 1.54) is 12.1 Å². The number of hydrogen-bond donors (Lipinski definition) is 0. The van der Waals surface area contributed by atoms with E-state index in [-0.39, 0.29) is 10.8 Å². The first-order chi connectivity index (χ1) is 11.5. The van der Waals surface area contributed by atoms with Gasteiger partial charge in [-0.05, 0) is 49.3 Å². The van der Waals surface area contributed by atoms with Gasteiger partial charge in [-0.25, -0.2) is 4.99 Å². The van der Waals surface area contributed by atoms with Gasteiger partial charge >= 0.3 is 0 Å². The second-order valence-corrected chi connectivity index (χ2v) is 8.50. The summed E-state index contributed by atoms with van der Waals surface area (Å²) in [6.07, 6.45) is 3.21. The molecular weight excluding hydrogens is 336 g/mol. The first kappa shape index (κ1) is 19.0. The Bertz CT molecular complexity index is 913. The number of sulfonamides is 1. The van der Waals surface area contributed by atoms with Crippen molar-refractivity contribution in [3.8, 4) is 0 Å². The molecule has 25 heavy (non-hydrogen) atoms. The standard InChI is InChI=1S/C19H22N2O3S/c1-13-14(2)17(12-11-16(13)20-18(22)19(3,4)5)21-25(23,24)15-9-7-6-8-10-15/h6-12H,1-5H3/b20-16?,21-17-. The first-order valence-corrected chi connectivity index (χ1v) is 9.36. The van der Waals surface area contributed by atoms with Crippen molar-refractivity contribution in [2.45, 2.75) is 39.5 Å².